The number of esters is 3. The van der Waals surface area contributed by atoms with Crippen molar-refractivity contribution in [3.05, 3.63) is 144 Å². The van der Waals surface area contributed by atoms with E-state index in [0.717, 1.165) is 5.56 Å². The first kappa shape index (κ1) is 29.7. The van der Waals surface area contributed by atoms with Crippen LogP contribution in [0.3, 0.4) is 0 Å². The molecule has 9 heteroatoms. The van der Waals surface area contributed by atoms with Crippen molar-refractivity contribution >= 4 is 17.9 Å². The minimum Gasteiger partial charge on any atom is -0.459 e. The van der Waals surface area contributed by atoms with E-state index in [-0.39, 0.29) is 17.7 Å². The minimum absolute atomic E-state index is 0.0524. The summed E-state index contributed by atoms with van der Waals surface area (Å²) in [5, 5.41) is 11.4. The van der Waals surface area contributed by atoms with Crippen LogP contribution in [0.2, 0.25) is 0 Å². The zero-order chi connectivity index (χ0) is 30.0. The molecule has 9 nitrogen and oxygen atoms in total. The predicted octanol–water partition coefficient (Wildman–Crippen LogP) is 4.60. The number of hydrogen-bond acceptors (Lipinski definition) is 9. The first-order valence-electron chi connectivity index (χ1n) is 13.7. The van der Waals surface area contributed by atoms with Gasteiger partial charge in [-0.15, -0.1) is 0 Å². The van der Waals surface area contributed by atoms with Crippen molar-refractivity contribution in [3.63, 3.8) is 0 Å². The largest absolute Gasteiger partial charge is 0.459 e. The number of rotatable bonds is 10. The summed E-state index contributed by atoms with van der Waals surface area (Å²) in [5.41, 5.74) is 1.58. The van der Waals surface area contributed by atoms with Crippen molar-refractivity contribution in [1.82, 2.24) is 0 Å². The molecule has 0 amide bonds. The van der Waals surface area contributed by atoms with Gasteiger partial charge in [0.2, 0.25) is 0 Å². The molecule has 0 saturated carbocycles. The standard InChI is InChI=1S/C34H30O9/c35-28-27(22-39-31(36)24-15-7-2-8-16-24)41-34(40-21-23-13-5-1-6-14-23)30(43-33(38)26-19-11-4-12-20-26)29(28)42-32(37)25-17-9-3-10-18-25/h1-20,27-30,34-35H,21-22H2/t27-,28-,29-,30+,34+/m1/s1. The van der Waals surface area contributed by atoms with Crippen LogP contribution < -0.4 is 0 Å². The first-order valence-corrected chi connectivity index (χ1v) is 13.7. The lowest BCUT2D eigenvalue weighted by molar-refractivity contribution is -0.302. The van der Waals surface area contributed by atoms with Gasteiger partial charge in [-0.05, 0) is 42.0 Å². The molecule has 5 atom stereocenters. The van der Waals surface area contributed by atoms with Crippen molar-refractivity contribution in [3.8, 4) is 0 Å². The molecule has 43 heavy (non-hydrogen) atoms. The van der Waals surface area contributed by atoms with Crippen molar-refractivity contribution in [2.75, 3.05) is 6.61 Å². The Bertz CT molecular complexity index is 1480. The van der Waals surface area contributed by atoms with Crippen LogP contribution in [0.1, 0.15) is 36.6 Å². The highest BCUT2D eigenvalue weighted by Crippen LogP contribution is 2.30. The third-order valence-electron chi connectivity index (χ3n) is 6.77. The third kappa shape index (κ3) is 7.72. The summed E-state index contributed by atoms with van der Waals surface area (Å²) >= 11 is 0. The molecule has 1 heterocycles. The second-order valence-corrected chi connectivity index (χ2v) is 9.77. The molecule has 0 bridgehead atoms. The van der Waals surface area contributed by atoms with Crippen LogP contribution in [0, 0.1) is 0 Å². The van der Waals surface area contributed by atoms with E-state index in [1.165, 1.54) is 0 Å². The van der Waals surface area contributed by atoms with Gasteiger partial charge in [0.1, 0.15) is 18.8 Å². The lowest BCUT2D eigenvalue weighted by Crippen LogP contribution is -2.62. The van der Waals surface area contributed by atoms with Gasteiger partial charge in [-0.25, -0.2) is 14.4 Å². The number of aliphatic hydroxyl groups excluding tert-OH is 1. The number of ether oxygens (including phenoxy) is 5. The van der Waals surface area contributed by atoms with E-state index in [0.29, 0.717) is 5.56 Å². The number of hydrogen-bond donors (Lipinski definition) is 1. The van der Waals surface area contributed by atoms with Crippen LogP contribution in [-0.2, 0) is 30.3 Å². The Morgan fingerprint density at radius 2 is 1.05 bits per heavy atom. The molecule has 1 saturated heterocycles. The van der Waals surface area contributed by atoms with Crippen LogP contribution >= 0.6 is 0 Å². The molecule has 4 aromatic rings. The Kier molecular flexibility index (Phi) is 9.91. The monoisotopic (exact) mass is 582 g/mol. The molecule has 1 aliphatic heterocycles. The highest BCUT2D eigenvalue weighted by molar-refractivity contribution is 5.90. The Hall–Kier alpha value is -4.83. The van der Waals surface area contributed by atoms with Crippen LogP contribution in [-0.4, -0.2) is 60.3 Å². The summed E-state index contributed by atoms with van der Waals surface area (Å²) in [6, 6.07) is 34.0. The highest BCUT2D eigenvalue weighted by Gasteiger charge is 2.51. The molecule has 0 aliphatic carbocycles. The first-order chi connectivity index (χ1) is 21.0. The normalized spacial score (nSPS) is 21.4. The van der Waals surface area contributed by atoms with Gasteiger partial charge in [0.15, 0.2) is 18.5 Å². The van der Waals surface area contributed by atoms with E-state index in [2.05, 4.69) is 0 Å². The molecule has 220 valence electrons. The van der Waals surface area contributed by atoms with Gasteiger partial charge in [-0.1, -0.05) is 84.9 Å². The van der Waals surface area contributed by atoms with Crippen LogP contribution in [0.5, 0.6) is 0 Å². The minimum atomic E-state index is -1.55. The van der Waals surface area contributed by atoms with Gasteiger partial charge < -0.3 is 28.8 Å². The van der Waals surface area contributed by atoms with E-state index in [4.69, 9.17) is 23.7 Å². The quantitative estimate of drug-likeness (QED) is 0.212. The molecule has 0 aromatic heterocycles. The molecule has 0 radical (unpaired) electrons. The summed E-state index contributed by atoms with van der Waals surface area (Å²) in [7, 11) is 0. The maximum atomic E-state index is 13.2. The van der Waals surface area contributed by atoms with E-state index >= 15 is 0 Å². The molecule has 5 rings (SSSR count). The highest BCUT2D eigenvalue weighted by atomic mass is 16.7. The van der Waals surface area contributed by atoms with Crippen molar-refractivity contribution in [1.29, 1.82) is 0 Å². The van der Waals surface area contributed by atoms with E-state index < -0.39 is 55.2 Å². The summed E-state index contributed by atoms with van der Waals surface area (Å²) < 4.78 is 29.1. The number of carbonyl (C=O) groups excluding carboxylic acids is 3. The molecule has 0 spiro atoms. The summed E-state index contributed by atoms with van der Waals surface area (Å²) in [6.45, 7) is -0.338. The van der Waals surface area contributed by atoms with Crippen molar-refractivity contribution in [2.24, 2.45) is 0 Å². The van der Waals surface area contributed by atoms with Gasteiger partial charge in [0.05, 0.1) is 23.3 Å². The average molecular weight is 583 g/mol. The SMILES string of the molecule is O=C(OC[C@H]1O[C@H](OCc2ccccc2)[C@@H](OC(=O)c2ccccc2)[C@H](OC(=O)c2ccccc2)[C@@H]1O)c1ccccc1. The van der Waals surface area contributed by atoms with Gasteiger partial charge >= 0.3 is 17.9 Å². The van der Waals surface area contributed by atoms with E-state index in [9.17, 15) is 19.5 Å². The fourth-order valence-corrected chi connectivity index (χ4v) is 4.52. The van der Waals surface area contributed by atoms with Gasteiger partial charge in [0, 0.05) is 0 Å². The Labute approximate surface area is 248 Å². The fraction of sp³-hybridized carbons (Fsp3) is 0.206. The maximum absolute atomic E-state index is 13.2. The number of aliphatic hydroxyl groups is 1. The Balaban J connectivity index is 1.42. The van der Waals surface area contributed by atoms with Crippen molar-refractivity contribution in [2.45, 2.75) is 37.3 Å². The Morgan fingerprint density at radius 1 is 0.605 bits per heavy atom. The predicted molar refractivity (Wildman–Crippen MR) is 154 cm³/mol. The molecule has 1 aliphatic rings. The van der Waals surface area contributed by atoms with Crippen LogP contribution in [0.25, 0.3) is 0 Å². The third-order valence-corrected chi connectivity index (χ3v) is 6.77. The maximum Gasteiger partial charge on any atom is 0.338 e. The van der Waals surface area contributed by atoms with Crippen molar-refractivity contribution < 1.29 is 43.2 Å². The smallest absolute Gasteiger partial charge is 0.338 e. The molecular weight excluding hydrogens is 552 g/mol. The summed E-state index contributed by atoms with van der Waals surface area (Å²) in [5.74, 6) is -2.12. The Morgan fingerprint density at radius 3 is 1.56 bits per heavy atom. The second-order valence-electron chi connectivity index (χ2n) is 9.77. The zero-order valence-corrected chi connectivity index (χ0v) is 23.1. The fourth-order valence-electron chi connectivity index (χ4n) is 4.52. The van der Waals surface area contributed by atoms with Gasteiger partial charge in [0.25, 0.3) is 0 Å². The summed E-state index contributed by atoms with van der Waals surface area (Å²) in [4.78, 5) is 39.0. The molecular formula is C34H30O9. The molecule has 1 N–H and O–H groups in total. The topological polar surface area (TPSA) is 118 Å². The molecule has 1 fully saturated rings. The lowest BCUT2D eigenvalue weighted by Gasteiger charge is -2.43. The second kappa shape index (κ2) is 14.4. The van der Waals surface area contributed by atoms with Gasteiger partial charge in [-0.3, -0.25) is 0 Å². The summed E-state index contributed by atoms with van der Waals surface area (Å²) in [6.07, 6.45) is -6.85. The van der Waals surface area contributed by atoms with E-state index in [1.807, 2.05) is 30.3 Å². The van der Waals surface area contributed by atoms with Crippen LogP contribution in [0.15, 0.2) is 121 Å². The number of carbonyl (C=O) groups is 3. The zero-order valence-electron chi connectivity index (χ0n) is 23.1. The molecule has 0 unspecified atom stereocenters. The molecule has 4 aromatic carbocycles. The lowest BCUT2D eigenvalue weighted by atomic mass is 9.98. The average Bonchev–Trinajstić information content (AvgIpc) is 3.06. The van der Waals surface area contributed by atoms with Crippen LogP contribution in [0.4, 0.5) is 0 Å². The number of benzene rings is 4. The van der Waals surface area contributed by atoms with Gasteiger partial charge in [-0.2, -0.15) is 0 Å². The van der Waals surface area contributed by atoms with E-state index in [1.54, 1.807) is 91.0 Å².